The Bertz CT molecular complexity index is 740. The Kier molecular flexibility index (Phi) is 5.85. The molecule has 1 saturated heterocycles. The van der Waals surface area contributed by atoms with Gasteiger partial charge < -0.3 is 19.9 Å². The van der Waals surface area contributed by atoms with E-state index in [4.69, 9.17) is 15.0 Å². The SMILES string of the molecule is CCOC(C)c1noc(CN2CCN(C(=O)c3ccccc3N)CC2)n1. The van der Waals surface area contributed by atoms with Crippen LogP contribution in [0.2, 0.25) is 0 Å². The minimum Gasteiger partial charge on any atom is -0.398 e. The number of rotatable bonds is 6. The van der Waals surface area contributed by atoms with Crippen LogP contribution in [0.15, 0.2) is 28.8 Å². The van der Waals surface area contributed by atoms with Crippen molar-refractivity contribution in [1.29, 1.82) is 0 Å². The third-order valence-corrected chi connectivity index (χ3v) is 4.47. The molecule has 1 amide bonds. The van der Waals surface area contributed by atoms with Gasteiger partial charge in [-0.1, -0.05) is 17.3 Å². The Labute approximate surface area is 152 Å². The molecule has 1 fully saturated rings. The summed E-state index contributed by atoms with van der Waals surface area (Å²) in [6.45, 7) is 7.79. The number of carbonyl (C=O) groups is 1. The highest BCUT2D eigenvalue weighted by atomic mass is 16.5. The lowest BCUT2D eigenvalue weighted by Gasteiger charge is -2.34. The van der Waals surface area contributed by atoms with E-state index in [0.29, 0.717) is 49.2 Å². The topological polar surface area (TPSA) is 97.7 Å². The fourth-order valence-electron chi connectivity index (χ4n) is 2.98. The Balaban J connectivity index is 1.53. The van der Waals surface area contributed by atoms with Crippen molar-refractivity contribution < 1.29 is 14.1 Å². The minimum absolute atomic E-state index is 0.0200. The van der Waals surface area contributed by atoms with Gasteiger partial charge in [-0.25, -0.2) is 0 Å². The highest BCUT2D eigenvalue weighted by Gasteiger charge is 2.24. The molecule has 0 aliphatic carbocycles. The maximum absolute atomic E-state index is 12.6. The summed E-state index contributed by atoms with van der Waals surface area (Å²) in [5.74, 6) is 1.11. The van der Waals surface area contributed by atoms with Gasteiger partial charge in [0.05, 0.1) is 12.1 Å². The molecule has 0 spiro atoms. The fraction of sp³-hybridized carbons (Fsp3) is 0.500. The molecule has 0 radical (unpaired) electrons. The number of nitrogens with zero attached hydrogens (tertiary/aromatic N) is 4. The van der Waals surface area contributed by atoms with Gasteiger partial charge in [0.15, 0.2) is 5.82 Å². The van der Waals surface area contributed by atoms with Crippen molar-refractivity contribution in [1.82, 2.24) is 19.9 Å². The zero-order valence-electron chi connectivity index (χ0n) is 15.2. The van der Waals surface area contributed by atoms with E-state index in [9.17, 15) is 4.79 Å². The monoisotopic (exact) mass is 359 g/mol. The maximum atomic E-state index is 12.6. The number of piperazine rings is 1. The van der Waals surface area contributed by atoms with Crippen LogP contribution in [0.25, 0.3) is 0 Å². The highest BCUT2D eigenvalue weighted by Crippen LogP contribution is 2.17. The number of nitrogen functional groups attached to an aromatic ring is 1. The minimum atomic E-state index is -0.178. The van der Waals surface area contributed by atoms with E-state index in [0.717, 1.165) is 13.1 Å². The van der Waals surface area contributed by atoms with Gasteiger partial charge in [0.2, 0.25) is 5.89 Å². The second-order valence-electron chi connectivity index (χ2n) is 6.30. The molecule has 140 valence electrons. The maximum Gasteiger partial charge on any atom is 0.256 e. The number of hydrogen-bond donors (Lipinski definition) is 1. The first-order valence-corrected chi connectivity index (χ1v) is 8.88. The van der Waals surface area contributed by atoms with E-state index < -0.39 is 0 Å². The van der Waals surface area contributed by atoms with Crippen LogP contribution < -0.4 is 5.73 Å². The number of aromatic nitrogens is 2. The molecule has 1 aromatic heterocycles. The Morgan fingerprint density at radius 1 is 1.31 bits per heavy atom. The first kappa shape index (κ1) is 18.3. The Hall–Kier alpha value is -2.45. The third kappa shape index (κ3) is 4.20. The van der Waals surface area contributed by atoms with Crippen molar-refractivity contribution in [3.8, 4) is 0 Å². The lowest BCUT2D eigenvalue weighted by atomic mass is 10.1. The molecule has 2 aromatic rings. The molecule has 1 aromatic carbocycles. The smallest absolute Gasteiger partial charge is 0.256 e. The zero-order valence-corrected chi connectivity index (χ0v) is 15.2. The number of para-hydroxylation sites is 1. The molecule has 0 saturated carbocycles. The van der Waals surface area contributed by atoms with Crippen LogP contribution in [0.1, 0.15) is 42.0 Å². The van der Waals surface area contributed by atoms with Crippen LogP contribution >= 0.6 is 0 Å². The summed E-state index contributed by atoms with van der Waals surface area (Å²) in [5.41, 5.74) is 6.99. The van der Waals surface area contributed by atoms with Gasteiger partial charge in [0.25, 0.3) is 5.91 Å². The Morgan fingerprint density at radius 3 is 2.73 bits per heavy atom. The van der Waals surface area contributed by atoms with Crippen LogP contribution in [-0.4, -0.2) is 58.6 Å². The second kappa shape index (κ2) is 8.29. The summed E-state index contributed by atoms with van der Waals surface area (Å²) in [7, 11) is 0. The highest BCUT2D eigenvalue weighted by molar-refractivity contribution is 5.99. The zero-order chi connectivity index (χ0) is 18.5. The van der Waals surface area contributed by atoms with E-state index in [1.54, 1.807) is 12.1 Å². The van der Waals surface area contributed by atoms with E-state index in [1.807, 2.05) is 30.9 Å². The van der Waals surface area contributed by atoms with Crippen LogP contribution in [-0.2, 0) is 11.3 Å². The number of ether oxygens (including phenoxy) is 1. The van der Waals surface area contributed by atoms with E-state index in [1.165, 1.54) is 0 Å². The van der Waals surface area contributed by atoms with Crippen LogP contribution in [0.3, 0.4) is 0 Å². The lowest BCUT2D eigenvalue weighted by Crippen LogP contribution is -2.48. The molecule has 1 atom stereocenters. The third-order valence-electron chi connectivity index (χ3n) is 4.47. The van der Waals surface area contributed by atoms with Gasteiger partial charge in [-0.2, -0.15) is 4.98 Å². The van der Waals surface area contributed by atoms with Gasteiger partial charge in [0.1, 0.15) is 6.10 Å². The van der Waals surface area contributed by atoms with Crippen molar-refractivity contribution >= 4 is 11.6 Å². The number of nitrogens with two attached hydrogens (primary N) is 1. The molecule has 2 N–H and O–H groups in total. The normalized spacial score (nSPS) is 16.6. The first-order valence-electron chi connectivity index (χ1n) is 8.88. The lowest BCUT2D eigenvalue weighted by molar-refractivity contribution is 0.0616. The van der Waals surface area contributed by atoms with E-state index in [-0.39, 0.29) is 12.0 Å². The standard InChI is InChI=1S/C18H25N5O3/c1-3-25-13(2)17-20-16(26-21-17)12-22-8-10-23(11-9-22)18(24)14-6-4-5-7-15(14)19/h4-7,13H,3,8-12,19H2,1-2H3. The summed E-state index contributed by atoms with van der Waals surface area (Å²) in [4.78, 5) is 21.0. The average Bonchev–Trinajstić information content (AvgIpc) is 3.11. The van der Waals surface area contributed by atoms with Crippen molar-refractivity contribution in [3.05, 3.63) is 41.5 Å². The molecule has 8 heteroatoms. The number of carbonyl (C=O) groups excluding carboxylic acids is 1. The summed E-state index contributed by atoms with van der Waals surface area (Å²) in [6, 6.07) is 7.18. The van der Waals surface area contributed by atoms with Crippen LogP contribution in [0, 0.1) is 0 Å². The van der Waals surface area contributed by atoms with Gasteiger partial charge in [0, 0.05) is 38.5 Å². The van der Waals surface area contributed by atoms with Gasteiger partial charge in [-0.3, -0.25) is 9.69 Å². The molecular weight excluding hydrogens is 334 g/mol. The van der Waals surface area contributed by atoms with E-state index in [2.05, 4.69) is 15.0 Å². The van der Waals surface area contributed by atoms with Gasteiger partial charge in [-0.05, 0) is 26.0 Å². The molecule has 0 bridgehead atoms. The fourth-order valence-corrected chi connectivity index (χ4v) is 2.98. The quantitative estimate of drug-likeness (QED) is 0.784. The molecule has 1 aliphatic heterocycles. The number of amides is 1. The number of benzene rings is 1. The van der Waals surface area contributed by atoms with Crippen LogP contribution in [0.4, 0.5) is 5.69 Å². The summed E-state index contributed by atoms with van der Waals surface area (Å²) < 4.78 is 10.8. The first-order chi connectivity index (χ1) is 12.6. The van der Waals surface area contributed by atoms with Crippen LogP contribution in [0.5, 0.6) is 0 Å². The average molecular weight is 359 g/mol. The molecule has 26 heavy (non-hydrogen) atoms. The second-order valence-corrected chi connectivity index (χ2v) is 6.30. The van der Waals surface area contributed by atoms with Crippen molar-refractivity contribution in [2.75, 3.05) is 38.5 Å². The summed E-state index contributed by atoms with van der Waals surface area (Å²) >= 11 is 0. The predicted molar refractivity (Wildman–Crippen MR) is 96.4 cm³/mol. The number of hydrogen-bond acceptors (Lipinski definition) is 7. The van der Waals surface area contributed by atoms with Crippen molar-refractivity contribution in [2.45, 2.75) is 26.5 Å². The van der Waals surface area contributed by atoms with Gasteiger partial charge >= 0.3 is 0 Å². The largest absolute Gasteiger partial charge is 0.398 e. The molecule has 3 rings (SSSR count). The molecule has 1 aliphatic rings. The van der Waals surface area contributed by atoms with E-state index >= 15 is 0 Å². The van der Waals surface area contributed by atoms with Crippen molar-refractivity contribution in [2.24, 2.45) is 0 Å². The molecular formula is C18H25N5O3. The predicted octanol–water partition coefficient (Wildman–Crippen LogP) is 1.71. The van der Waals surface area contributed by atoms with Gasteiger partial charge in [-0.15, -0.1) is 0 Å². The van der Waals surface area contributed by atoms with Crippen molar-refractivity contribution in [3.63, 3.8) is 0 Å². The molecule has 1 unspecified atom stereocenters. The molecule has 8 nitrogen and oxygen atoms in total. The summed E-state index contributed by atoms with van der Waals surface area (Å²) in [6.07, 6.45) is -0.178. The summed E-state index contributed by atoms with van der Waals surface area (Å²) in [5, 5.41) is 3.98. The Morgan fingerprint density at radius 2 is 2.04 bits per heavy atom. The molecule has 2 heterocycles. The number of anilines is 1.